The Morgan fingerprint density at radius 1 is 0.917 bits per heavy atom. The van der Waals surface area contributed by atoms with Crippen LogP contribution in [0.5, 0.6) is 0 Å². The topological polar surface area (TPSA) is 58.3 Å². The highest BCUT2D eigenvalue weighted by Gasteiger charge is 2.29. The van der Waals surface area contributed by atoms with Gasteiger partial charge in [0, 0.05) is 55.6 Å². The zero-order valence-corrected chi connectivity index (χ0v) is 14.0. The van der Waals surface area contributed by atoms with E-state index in [0.717, 1.165) is 57.0 Å². The van der Waals surface area contributed by atoms with Gasteiger partial charge in [-0.15, -0.1) is 0 Å². The van der Waals surface area contributed by atoms with Gasteiger partial charge in [-0.3, -0.25) is 0 Å². The van der Waals surface area contributed by atoms with Crippen LogP contribution in [0.25, 0.3) is 0 Å². The van der Waals surface area contributed by atoms with Crippen molar-refractivity contribution in [2.45, 2.75) is 31.2 Å². The van der Waals surface area contributed by atoms with Crippen LogP contribution < -0.4 is 15.5 Å². The third kappa shape index (κ3) is 3.22. The summed E-state index contributed by atoms with van der Waals surface area (Å²) in [5.41, 5.74) is 8.39. The summed E-state index contributed by atoms with van der Waals surface area (Å²) < 4.78 is 0. The van der Waals surface area contributed by atoms with E-state index < -0.39 is 0 Å². The summed E-state index contributed by atoms with van der Waals surface area (Å²) in [6.07, 6.45) is 4.97. The number of hydrogen-bond donors (Lipinski definition) is 1. The molecule has 2 heterocycles. The van der Waals surface area contributed by atoms with Crippen molar-refractivity contribution in [2.24, 2.45) is 5.73 Å². The number of hydrogen-bond acceptors (Lipinski definition) is 5. The van der Waals surface area contributed by atoms with Crippen molar-refractivity contribution in [3.05, 3.63) is 48.4 Å². The zero-order valence-electron chi connectivity index (χ0n) is 14.0. The number of anilines is 2. The number of rotatable bonds is 3. The summed E-state index contributed by atoms with van der Waals surface area (Å²) in [4.78, 5) is 13.9. The van der Waals surface area contributed by atoms with Gasteiger partial charge < -0.3 is 15.5 Å². The Balaban J connectivity index is 1.44. The Morgan fingerprint density at radius 3 is 2.46 bits per heavy atom. The van der Waals surface area contributed by atoms with Gasteiger partial charge in [-0.25, -0.2) is 9.97 Å². The average molecular weight is 323 g/mol. The van der Waals surface area contributed by atoms with Gasteiger partial charge in [0.05, 0.1) is 0 Å². The molecule has 0 spiro atoms. The number of aromatic nitrogens is 2. The predicted octanol–water partition coefficient (Wildman–Crippen LogP) is 2.40. The van der Waals surface area contributed by atoms with Gasteiger partial charge >= 0.3 is 0 Å². The standard InChI is InChI=1S/C19H25N5/c20-16-11-15(12-16)18-13-19(22-14-21-18)24-8-4-7-23(9-10-24)17-5-2-1-3-6-17/h1-3,5-6,13-16H,4,7-12,20H2. The summed E-state index contributed by atoms with van der Waals surface area (Å²) >= 11 is 0. The van der Waals surface area contributed by atoms with Gasteiger partial charge in [-0.05, 0) is 31.4 Å². The molecule has 1 aromatic heterocycles. The lowest BCUT2D eigenvalue weighted by atomic mass is 9.78. The third-order valence-electron chi connectivity index (χ3n) is 5.21. The largest absolute Gasteiger partial charge is 0.370 e. The molecular formula is C19H25N5. The maximum atomic E-state index is 5.92. The fourth-order valence-electron chi connectivity index (χ4n) is 3.70. The first kappa shape index (κ1) is 15.4. The van der Waals surface area contributed by atoms with E-state index in [4.69, 9.17) is 5.73 Å². The van der Waals surface area contributed by atoms with Crippen LogP contribution in [0.2, 0.25) is 0 Å². The van der Waals surface area contributed by atoms with Crippen LogP contribution >= 0.6 is 0 Å². The molecule has 1 saturated carbocycles. The van der Waals surface area contributed by atoms with E-state index in [1.807, 2.05) is 0 Å². The van der Waals surface area contributed by atoms with Crippen LogP contribution in [0, 0.1) is 0 Å². The van der Waals surface area contributed by atoms with Crippen LogP contribution in [0.3, 0.4) is 0 Å². The molecule has 2 N–H and O–H groups in total. The molecule has 0 amide bonds. The molecule has 2 aliphatic rings. The molecular weight excluding hydrogens is 298 g/mol. The van der Waals surface area contributed by atoms with E-state index >= 15 is 0 Å². The molecule has 24 heavy (non-hydrogen) atoms. The highest BCUT2D eigenvalue weighted by Crippen LogP contribution is 2.35. The fraction of sp³-hybridized carbons (Fsp3) is 0.474. The van der Waals surface area contributed by atoms with Crippen molar-refractivity contribution in [1.82, 2.24) is 9.97 Å². The smallest absolute Gasteiger partial charge is 0.132 e. The Kier molecular flexibility index (Phi) is 4.34. The molecule has 1 aliphatic carbocycles. The lowest BCUT2D eigenvalue weighted by Gasteiger charge is -2.32. The first-order valence-electron chi connectivity index (χ1n) is 8.92. The monoisotopic (exact) mass is 323 g/mol. The van der Waals surface area contributed by atoms with Crippen molar-refractivity contribution in [3.8, 4) is 0 Å². The summed E-state index contributed by atoms with van der Waals surface area (Å²) in [5.74, 6) is 1.59. The first-order valence-corrected chi connectivity index (χ1v) is 8.92. The van der Waals surface area contributed by atoms with Crippen molar-refractivity contribution < 1.29 is 0 Å². The highest BCUT2D eigenvalue weighted by atomic mass is 15.2. The second-order valence-electron chi connectivity index (χ2n) is 6.89. The van der Waals surface area contributed by atoms with Gasteiger partial charge in [0.15, 0.2) is 0 Å². The molecule has 0 unspecified atom stereocenters. The Morgan fingerprint density at radius 2 is 1.67 bits per heavy atom. The number of benzene rings is 1. The molecule has 0 atom stereocenters. The van der Waals surface area contributed by atoms with Crippen molar-refractivity contribution >= 4 is 11.5 Å². The molecule has 126 valence electrons. The molecule has 1 aliphatic heterocycles. The van der Waals surface area contributed by atoms with Crippen LogP contribution in [0.4, 0.5) is 11.5 Å². The van der Waals surface area contributed by atoms with Gasteiger partial charge in [-0.2, -0.15) is 0 Å². The van der Waals surface area contributed by atoms with E-state index in [2.05, 4.69) is 56.2 Å². The molecule has 5 nitrogen and oxygen atoms in total. The molecule has 5 heteroatoms. The van der Waals surface area contributed by atoms with Crippen molar-refractivity contribution in [1.29, 1.82) is 0 Å². The van der Waals surface area contributed by atoms with E-state index in [-0.39, 0.29) is 0 Å². The van der Waals surface area contributed by atoms with Gasteiger partial charge in [-0.1, -0.05) is 18.2 Å². The number of nitrogens with two attached hydrogens (primary N) is 1. The molecule has 2 fully saturated rings. The maximum absolute atomic E-state index is 5.92. The molecule has 0 bridgehead atoms. The van der Waals surface area contributed by atoms with Gasteiger partial charge in [0.1, 0.15) is 12.1 Å². The van der Waals surface area contributed by atoms with Crippen LogP contribution in [-0.4, -0.2) is 42.2 Å². The molecule has 2 aromatic rings. The number of para-hydroxylation sites is 1. The molecule has 0 radical (unpaired) electrons. The van der Waals surface area contributed by atoms with Crippen LogP contribution in [0.1, 0.15) is 30.9 Å². The van der Waals surface area contributed by atoms with E-state index in [0.29, 0.717) is 12.0 Å². The molecule has 1 saturated heterocycles. The van der Waals surface area contributed by atoms with Crippen LogP contribution in [0.15, 0.2) is 42.7 Å². The lowest BCUT2D eigenvalue weighted by Crippen LogP contribution is -2.35. The normalized spacial score (nSPS) is 24.4. The maximum Gasteiger partial charge on any atom is 0.132 e. The Labute approximate surface area is 143 Å². The van der Waals surface area contributed by atoms with Crippen molar-refractivity contribution in [3.63, 3.8) is 0 Å². The SMILES string of the molecule is NC1CC(c2cc(N3CCCN(c4ccccc4)CC3)ncn2)C1. The minimum absolute atomic E-state index is 0.353. The lowest BCUT2D eigenvalue weighted by molar-refractivity contribution is 0.345. The summed E-state index contributed by atoms with van der Waals surface area (Å²) in [7, 11) is 0. The molecule has 1 aromatic carbocycles. The zero-order chi connectivity index (χ0) is 16.4. The second kappa shape index (κ2) is 6.77. The second-order valence-corrected chi connectivity index (χ2v) is 6.89. The average Bonchev–Trinajstić information content (AvgIpc) is 2.86. The summed E-state index contributed by atoms with van der Waals surface area (Å²) in [6.45, 7) is 4.16. The molecule has 4 rings (SSSR count). The number of nitrogens with zero attached hydrogens (tertiary/aromatic N) is 4. The predicted molar refractivity (Wildman–Crippen MR) is 97.5 cm³/mol. The minimum atomic E-state index is 0.353. The summed E-state index contributed by atoms with van der Waals surface area (Å²) in [6, 6.07) is 13.2. The van der Waals surface area contributed by atoms with E-state index in [1.54, 1.807) is 6.33 Å². The van der Waals surface area contributed by atoms with E-state index in [9.17, 15) is 0 Å². The third-order valence-corrected chi connectivity index (χ3v) is 5.21. The minimum Gasteiger partial charge on any atom is -0.370 e. The fourth-order valence-corrected chi connectivity index (χ4v) is 3.70. The highest BCUT2D eigenvalue weighted by molar-refractivity contribution is 5.48. The van der Waals surface area contributed by atoms with E-state index in [1.165, 1.54) is 5.69 Å². The van der Waals surface area contributed by atoms with Gasteiger partial charge in [0.2, 0.25) is 0 Å². The first-order chi connectivity index (χ1) is 11.8. The Hall–Kier alpha value is -2.14. The summed E-state index contributed by atoms with van der Waals surface area (Å²) in [5, 5.41) is 0. The Bertz CT molecular complexity index is 668. The van der Waals surface area contributed by atoms with Crippen LogP contribution in [-0.2, 0) is 0 Å². The van der Waals surface area contributed by atoms with Crippen molar-refractivity contribution in [2.75, 3.05) is 36.0 Å². The quantitative estimate of drug-likeness (QED) is 0.940. The van der Waals surface area contributed by atoms with Gasteiger partial charge in [0.25, 0.3) is 0 Å².